The third-order valence-corrected chi connectivity index (χ3v) is 4.48. The van der Waals surface area contributed by atoms with Gasteiger partial charge in [-0.3, -0.25) is 4.79 Å². The topological polar surface area (TPSA) is 92.6 Å². The molecule has 0 bridgehead atoms. The average Bonchev–Trinajstić information content (AvgIpc) is 3.30. The van der Waals surface area contributed by atoms with Crippen molar-refractivity contribution in [3.8, 4) is 18.1 Å². The molecule has 3 amide bonds. The number of halogens is 1. The number of terminal acetylenes is 1. The van der Waals surface area contributed by atoms with Crippen molar-refractivity contribution in [2.45, 2.75) is 6.42 Å². The minimum Gasteiger partial charge on any atom is -0.481 e. The van der Waals surface area contributed by atoms with Gasteiger partial charge in [-0.25, -0.2) is 4.79 Å². The van der Waals surface area contributed by atoms with Gasteiger partial charge < -0.3 is 25.1 Å². The van der Waals surface area contributed by atoms with Crippen molar-refractivity contribution in [2.75, 3.05) is 23.8 Å². The molecule has 1 aromatic heterocycles. The molecule has 0 aliphatic carbocycles. The lowest BCUT2D eigenvalue weighted by Crippen LogP contribution is -2.30. The van der Waals surface area contributed by atoms with Crippen molar-refractivity contribution >= 4 is 34.9 Å². The summed E-state index contributed by atoms with van der Waals surface area (Å²) in [5.74, 6) is 2.87. The van der Waals surface area contributed by atoms with Crippen LogP contribution in [0.1, 0.15) is 16.1 Å². The first-order valence-corrected chi connectivity index (χ1v) is 9.77. The quantitative estimate of drug-likeness (QED) is 0.450. The van der Waals surface area contributed by atoms with Crippen molar-refractivity contribution < 1.29 is 18.7 Å². The van der Waals surface area contributed by atoms with E-state index in [1.54, 1.807) is 30.3 Å². The number of hydrogen-bond acceptors (Lipinski definition) is 4. The molecule has 0 unspecified atom stereocenters. The molecule has 1 heterocycles. The Labute approximate surface area is 184 Å². The molecule has 2 aromatic carbocycles. The maximum absolute atomic E-state index is 12.1. The van der Waals surface area contributed by atoms with Crippen molar-refractivity contribution in [2.24, 2.45) is 0 Å². The number of nitrogens with one attached hydrogen (secondary N) is 3. The van der Waals surface area contributed by atoms with Gasteiger partial charge in [0.05, 0.1) is 17.0 Å². The molecule has 3 rings (SSSR count). The van der Waals surface area contributed by atoms with E-state index in [-0.39, 0.29) is 23.4 Å². The second kappa shape index (κ2) is 10.8. The van der Waals surface area contributed by atoms with Crippen LogP contribution in [0.2, 0.25) is 5.02 Å². The summed E-state index contributed by atoms with van der Waals surface area (Å²) in [6.45, 7) is 0.670. The number of carbonyl (C=O) groups excluding carboxylic acids is 2. The van der Waals surface area contributed by atoms with Gasteiger partial charge in [-0.05, 0) is 54.4 Å². The van der Waals surface area contributed by atoms with Gasteiger partial charge in [-0.1, -0.05) is 29.7 Å². The maximum Gasteiger partial charge on any atom is 0.319 e. The van der Waals surface area contributed by atoms with Crippen LogP contribution in [-0.2, 0) is 6.42 Å². The Hall–Kier alpha value is -3.89. The van der Waals surface area contributed by atoms with Crippen LogP contribution in [0.3, 0.4) is 0 Å². The lowest BCUT2D eigenvalue weighted by Gasteiger charge is -2.11. The van der Waals surface area contributed by atoms with Gasteiger partial charge in [0.1, 0.15) is 12.4 Å². The van der Waals surface area contributed by atoms with E-state index in [1.807, 2.05) is 24.3 Å². The number of carbonyl (C=O) groups is 2. The highest BCUT2D eigenvalue weighted by atomic mass is 35.5. The summed E-state index contributed by atoms with van der Waals surface area (Å²) in [7, 11) is 0. The van der Waals surface area contributed by atoms with Gasteiger partial charge in [-0.2, -0.15) is 0 Å². The Morgan fingerprint density at radius 3 is 2.58 bits per heavy atom. The standard InChI is InChI=1S/C23H20ClN3O4/c1-2-13-30-18-8-5-16(6-9-18)11-12-25-23(29)26-17-7-10-20(19(24)15-17)27-22(28)21-4-3-14-31-21/h1,3-10,14-15H,11-13H2,(H,27,28)(H2,25,26,29). The molecule has 0 atom stereocenters. The molecule has 158 valence electrons. The molecule has 0 spiro atoms. The second-order valence-electron chi connectivity index (χ2n) is 6.39. The fraction of sp³-hybridized carbons (Fsp3) is 0.130. The van der Waals surface area contributed by atoms with Crippen LogP contribution >= 0.6 is 11.6 Å². The van der Waals surface area contributed by atoms with E-state index < -0.39 is 5.91 Å². The molecule has 0 saturated heterocycles. The third-order valence-electron chi connectivity index (χ3n) is 4.16. The van der Waals surface area contributed by atoms with E-state index >= 15 is 0 Å². The summed E-state index contributed by atoms with van der Waals surface area (Å²) in [5, 5.41) is 8.42. The first-order valence-electron chi connectivity index (χ1n) is 9.39. The normalized spacial score (nSPS) is 10.1. The lowest BCUT2D eigenvalue weighted by atomic mass is 10.1. The fourth-order valence-electron chi connectivity index (χ4n) is 2.66. The molecule has 0 aliphatic rings. The largest absolute Gasteiger partial charge is 0.481 e. The van der Waals surface area contributed by atoms with Crippen LogP contribution in [0.4, 0.5) is 16.2 Å². The summed E-state index contributed by atoms with van der Waals surface area (Å²) in [6.07, 6.45) is 7.22. The van der Waals surface area contributed by atoms with E-state index in [1.165, 1.54) is 6.26 Å². The summed E-state index contributed by atoms with van der Waals surface area (Å²) in [5.41, 5.74) is 1.95. The molecule has 3 N–H and O–H groups in total. The minimum absolute atomic E-state index is 0.173. The minimum atomic E-state index is -0.416. The Kier molecular flexibility index (Phi) is 7.57. The SMILES string of the molecule is C#CCOc1ccc(CCNC(=O)Nc2ccc(NC(=O)c3ccco3)c(Cl)c2)cc1. The van der Waals surface area contributed by atoms with E-state index in [0.717, 1.165) is 5.56 Å². The smallest absolute Gasteiger partial charge is 0.319 e. The molecular formula is C23H20ClN3O4. The molecular weight excluding hydrogens is 418 g/mol. The number of hydrogen-bond donors (Lipinski definition) is 3. The highest BCUT2D eigenvalue weighted by molar-refractivity contribution is 6.34. The van der Waals surface area contributed by atoms with Crippen LogP contribution in [0.15, 0.2) is 65.3 Å². The van der Waals surface area contributed by atoms with Gasteiger partial charge in [0.2, 0.25) is 0 Å². The summed E-state index contributed by atoms with van der Waals surface area (Å²) < 4.78 is 10.4. The molecule has 3 aromatic rings. The van der Waals surface area contributed by atoms with Crippen molar-refractivity contribution in [3.63, 3.8) is 0 Å². The zero-order valence-corrected chi connectivity index (χ0v) is 17.2. The lowest BCUT2D eigenvalue weighted by molar-refractivity contribution is 0.0996. The van der Waals surface area contributed by atoms with Crippen LogP contribution in [-0.4, -0.2) is 25.1 Å². The van der Waals surface area contributed by atoms with E-state index in [4.69, 9.17) is 27.2 Å². The van der Waals surface area contributed by atoms with E-state index in [9.17, 15) is 9.59 Å². The highest BCUT2D eigenvalue weighted by Crippen LogP contribution is 2.26. The molecule has 31 heavy (non-hydrogen) atoms. The predicted octanol–water partition coefficient (Wildman–Crippen LogP) is 4.56. The van der Waals surface area contributed by atoms with Crippen molar-refractivity contribution in [1.82, 2.24) is 5.32 Å². The highest BCUT2D eigenvalue weighted by Gasteiger charge is 2.12. The van der Waals surface area contributed by atoms with Gasteiger partial charge in [0.15, 0.2) is 5.76 Å². The first-order chi connectivity index (χ1) is 15.0. The number of ether oxygens (including phenoxy) is 1. The Bertz CT molecular complexity index is 1070. The monoisotopic (exact) mass is 437 g/mol. The van der Waals surface area contributed by atoms with Gasteiger partial charge in [-0.15, -0.1) is 6.42 Å². The molecule has 7 nitrogen and oxygen atoms in total. The fourth-order valence-corrected chi connectivity index (χ4v) is 2.89. The Morgan fingerprint density at radius 1 is 1.10 bits per heavy atom. The second-order valence-corrected chi connectivity index (χ2v) is 6.80. The number of amides is 3. The van der Waals surface area contributed by atoms with Gasteiger partial charge in [0, 0.05) is 12.2 Å². The van der Waals surface area contributed by atoms with Crippen LogP contribution in [0.25, 0.3) is 0 Å². The maximum atomic E-state index is 12.1. The summed E-state index contributed by atoms with van der Waals surface area (Å²) in [4.78, 5) is 24.2. The molecule has 8 heteroatoms. The van der Waals surface area contributed by atoms with E-state index in [0.29, 0.717) is 30.1 Å². The van der Waals surface area contributed by atoms with Crippen LogP contribution < -0.4 is 20.7 Å². The molecule has 0 saturated carbocycles. The van der Waals surface area contributed by atoms with Crippen molar-refractivity contribution in [1.29, 1.82) is 0 Å². The van der Waals surface area contributed by atoms with Crippen LogP contribution in [0.5, 0.6) is 5.75 Å². The molecule has 0 aliphatic heterocycles. The first kappa shape index (κ1) is 21.8. The van der Waals surface area contributed by atoms with Crippen molar-refractivity contribution in [3.05, 3.63) is 77.2 Å². The Balaban J connectivity index is 1.45. The van der Waals surface area contributed by atoms with E-state index in [2.05, 4.69) is 21.9 Å². The van der Waals surface area contributed by atoms with Gasteiger partial charge >= 0.3 is 6.03 Å². The summed E-state index contributed by atoms with van der Waals surface area (Å²) in [6, 6.07) is 15.1. The Morgan fingerprint density at radius 2 is 1.90 bits per heavy atom. The zero-order chi connectivity index (χ0) is 22.1. The number of rotatable bonds is 8. The van der Waals surface area contributed by atoms with Gasteiger partial charge in [0.25, 0.3) is 5.91 Å². The number of furan rings is 1. The molecule has 0 radical (unpaired) electrons. The molecule has 0 fully saturated rings. The third kappa shape index (κ3) is 6.56. The predicted molar refractivity (Wildman–Crippen MR) is 120 cm³/mol. The van der Waals surface area contributed by atoms with Crippen LogP contribution in [0, 0.1) is 12.3 Å². The average molecular weight is 438 g/mol. The zero-order valence-electron chi connectivity index (χ0n) is 16.5. The number of benzene rings is 2. The number of urea groups is 1. The number of anilines is 2. The summed E-state index contributed by atoms with van der Waals surface area (Å²) >= 11 is 6.21.